The average Bonchev–Trinajstić information content (AvgIpc) is 3.09. The molecule has 3 rings (SSSR count). The Labute approximate surface area is 164 Å². The van der Waals surface area contributed by atoms with E-state index in [2.05, 4.69) is 5.32 Å². The summed E-state index contributed by atoms with van der Waals surface area (Å²) in [5, 5.41) is 2.82. The van der Waals surface area contributed by atoms with E-state index in [9.17, 15) is 14.4 Å². The van der Waals surface area contributed by atoms with Gasteiger partial charge in [0.05, 0.1) is 5.92 Å². The number of ether oxygens (including phenoxy) is 1. The van der Waals surface area contributed by atoms with Gasteiger partial charge in [0.1, 0.15) is 6.61 Å². The highest BCUT2D eigenvalue weighted by molar-refractivity contribution is 6.04. The number of nitrogens with one attached hydrogen (secondary N) is 1. The molecule has 2 amide bonds. The first-order valence-electron chi connectivity index (χ1n) is 9.35. The van der Waals surface area contributed by atoms with Gasteiger partial charge in [0, 0.05) is 30.3 Å². The van der Waals surface area contributed by atoms with Gasteiger partial charge in [-0.05, 0) is 43.7 Å². The molecule has 0 aliphatic carbocycles. The molecule has 28 heavy (non-hydrogen) atoms. The minimum absolute atomic E-state index is 0.00858. The smallest absolute Gasteiger partial charge is 0.311 e. The first-order chi connectivity index (χ1) is 13.4. The van der Waals surface area contributed by atoms with Crippen LogP contribution in [0.4, 0.5) is 5.69 Å². The van der Waals surface area contributed by atoms with Gasteiger partial charge in [-0.1, -0.05) is 30.3 Å². The molecule has 1 N–H and O–H groups in total. The van der Waals surface area contributed by atoms with Crippen molar-refractivity contribution in [3.05, 3.63) is 65.7 Å². The molecule has 1 fully saturated rings. The molecule has 1 aliphatic heterocycles. The molecule has 1 heterocycles. The number of amides is 2. The van der Waals surface area contributed by atoms with Gasteiger partial charge in [0.15, 0.2) is 0 Å². The van der Waals surface area contributed by atoms with E-state index in [1.807, 2.05) is 44.2 Å². The van der Waals surface area contributed by atoms with Gasteiger partial charge in [0.25, 0.3) is 5.91 Å². The van der Waals surface area contributed by atoms with Crippen LogP contribution < -0.4 is 5.32 Å². The highest BCUT2D eigenvalue weighted by atomic mass is 16.5. The number of carbonyl (C=O) groups is 3. The number of esters is 1. The summed E-state index contributed by atoms with van der Waals surface area (Å²) in [6, 6.07) is 16.2. The van der Waals surface area contributed by atoms with Crippen LogP contribution in [0.25, 0.3) is 0 Å². The van der Waals surface area contributed by atoms with E-state index in [1.54, 1.807) is 29.2 Å². The predicted molar refractivity (Wildman–Crippen MR) is 106 cm³/mol. The molecule has 0 aromatic heterocycles. The minimum atomic E-state index is -0.411. The molecule has 1 saturated heterocycles. The fraction of sp³-hybridized carbons (Fsp3) is 0.318. The maximum absolute atomic E-state index is 12.2. The number of para-hydroxylation sites is 1. The van der Waals surface area contributed by atoms with E-state index in [1.165, 1.54) is 0 Å². The first kappa shape index (κ1) is 19.6. The van der Waals surface area contributed by atoms with Crippen molar-refractivity contribution in [2.75, 3.05) is 11.9 Å². The van der Waals surface area contributed by atoms with Crippen LogP contribution in [0, 0.1) is 5.92 Å². The lowest BCUT2D eigenvalue weighted by molar-refractivity contribution is -0.149. The molecule has 2 aromatic rings. The van der Waals surface area contributed by atoms with Crippen molar-refractivity contribution >= 4 is 23.5 Å². The average molecular weight is 380 g/mol. The number of hydrogen-bond acceptors (Lipinski definition) is 4. The first-order valence-corrected chi connectivity index (χ1v) is 9.35. The monoisotopic (exact) mass is 380 g/mol. The Bertz CT molecular complexity index is 847. The highest BCUT2D eigenvalue weighted by Gasteiger charge is 2.36. The molecule has 1 unspecified atom stereocenters. The molecular formula is C22H24N2O4. The normalized spacial score (nSPS) is 16.3. The van der Waals surface area contributed by atoms with Gasteiger partial charge in [-0.25, -0.2) is 0 Å². The number of rotatable bonds is 6. The number of benzene rings is 2. The summed E-state index contributed by atoms with van der Waals surface area (Å²) in [5.41, 5.74) is 2.04. The van der Waals surface area contributed by atoms with Crippen LogP contribution in [-0.4, -0.2) is 35.3 Å². The Morgan fingerprint density at radius 3 is 2.39 bits per heavy atom. The summed E-state index contributed by atoms with van der Waals surface area (Å²) in [7, 11) is 0. The largest absolute Gasteiger partial charge is 0.461 e. The van der Waals surface area contributed by atoms with Crippen LogP contribution in [0.15, 0.2) is 54.6 Å². The zero-order valence-electron chi connectivity index (χ0n) is 16.1. The van der Waals surface area contributed by atoms with Crippen LogP contribution >= 0.6 is 0 Å². The summed E-state index contributed by atoms with van der Waals surface area (Å²) >= 11 is 0. The lowest BCUT2D eigenvalue weighted by Gasteiger charge is -2.20. The molecule has 0 saturated carbocycles. The Balaban J connectivity index is 1.51. The Morgan fingerprint density at radius 1 is 1.11 bits per heavy atom. The third kappa shape index (κ3) is 4.76. The quantitative estimate of drug-likeness (QED) is 0.781. The minimum Gasteiger partial charge on any atom is -0.461 e. The predicted octanol–water partition coefficient (Wildman–Crippen LogP) is 3.24. The maximum atomic E-state index is 12.2. The topological polar surface area (TPSA) is 75.7 Å². The van der Waals surface area contributed by atoms with Gasteiger partial charge in [-0.15, -0.1) is 0 Å². The van der Waals surface area contributed by atoms with Crippen molar-refractivity contribution in [3.63, 3.8) is 0 Å². The standard InChI is InChI=1S/C22H24N2O4/c1-15(2)24-13-18(12-20(24)25)22(27)28-14-16-8-10-17(11-9-16)21(26)23-19-6-4-3-5-7-19/h3-11,15,18H,12-14H2,1-2H3,(H,23,26). The molecule has 0 spiro atoms. The summed E-state index contributed by atoms with van der Waals surface area (Å²) < 4.78 is 5.37. The molecule has 1 atom stereocenters. The van der Waals surface area contributed by atoms with E-state index >= 15 is 0 Å². The summed E-state index contributed by atoms with van der Waals surface area (Å²) in [5.74, 6) is -0.980. The molecule has 0 bridgehead atoms. The van der Waals surface area contributed by atoms with Gasteiger partial charge in [-0.3, -0.25) is 14.4 Å². The van der Waals surface area contributed by atoms with Crippen molar-refractivity contribution in [1.29, 1.82) is 0 Å². The lowest BCUT2D eigenvalue weighted by atomic mass is 10.1. The number of carbonyl (C=O) groups excluding carboxylic acids is 3. The Kier molecular flexibility index (Phi) is 6.09. The zero-order chi connectivity index (χ0) is 20.1. The molecule has 6 nitrogen and oxygen atoms in total. The molecule has 6 heteroatoms. The molecular weight excluding hydrogens is 356 g/mol. The second kappa shape index (κ2) is 8.69. The molecule has 0 radical (unpaired) electrons. The van der Waals surface area contributed by atoms with Crippen LogP contribution in [0.1, 0.15) is 36.2 Å². The van der Waals surface area contributed by atoms with Gasteiger partial charge in [0.2, 0.25) is 5.91 Å². The second-order valence-electron chi connectivity index (χ2n) is 7.17. The SMILES string of the molecule is CC(C)N1CC(C(=O)OCc2ccc(C(=O)Nc3ccccc3)cc2)CC1=O. The van der Waals surface area contributed by atoms with Crippen LogP contribution in [0.2, 0.25) is 0 Å². The molecule has 1 aliphatic rings. The third-order valence-corrected chi connectivity index (χ3v) is 4.74. The second-order valence-corrected chi connectivity index (χ2v) is 7.17. The fourth-order valence-corrected chi connectivity index (χ4v) is 3.14. The van der Waals surface area contributed by atoms with E-state index < -0.39 is 5.92 Å². The van der Waals surface area contributed by atoms with Crippen molar-refractivity contribution in [1.82, 2.24) is 4.90 Å². The number of likely N-dealkylation sites (tertiary alicyclic amines) is 1. The third-order valence-electron chi connectivity index (χ3n) is 4.74. The van der Waals surface area contributed by atoms with E-state index in [0.717, 1.165) is 11.3 Å². The number of anilines is 1. The zero-order valence-corrected chi connectivity index (χ0v) is 16.1. The van der Waals surface area contributed by atoms with Gasteiger partial charge in [-0.2, -0.15) is 0 Å². The van der Waals surface area contributed by atoms with Crippen molar-refractivity contribution in [2.24, 2.45) is 5.92 Å². The van der Waals surface area contributed by atoms with Crippen LogP contribution in [0.5, 0.6) is 0 Å². The van der Waals surface area contributed by atoms with Crippen molar-refractivity contribution in [2.45, 2.75) is 32.9 Å². The Morgan fingerprint density at radius 2 is 1.79 bits per heavy atom. The molecule has 146 valence electrons. The fourth-order valence-electron chi connectivity index (χ4n) is 3.14. The Hall–Kier alpha value is -3.15. The van der Waals surface area contributed by atoms with Crippen molar-refractivity contribution in [3.8, 4) is 0 Å². The number of nitrogens with zero attached hydrogens (tertiary/aromatic N) is 1. The summed E-state index contributed by atoms with van der Waals surface area (Å²) in [4.78, 5) is 38.1. The van der Waals surface area contributed by atoms with Gasteiger partial charge < -0.3 is 15.0 Å². The van der Waals surface area contributed by atoms with Crippen LogP contribution in [0.3, 0.4) is 0 Å². The van der Waals surface area contributed by atoms with E-state index in [0.29, 0.717) is 12.1 Å². The van der Waals surface area contributed by atoms with Crippen LogP contribution in [-0.2, 0) is 20.9 Å². The van der Waals surface area contributed by atoms with Gasteiger partial charge >= 0.3 is 5.97 Å². The lowest BCUT2D eigenvalue weighted by Crippen LogP contribution is -2.32. The highest BCUT2D eigenvalue weighted by Crippen LogP contribution is 2.22. The number of hydrogen-bond donors (Lipinski definition) is 1. The summed E-state index contributed by atoms with van der Waals surface area (Å²) in [6.07, 6.45) is 0.204. The van der Waals surface area contributed by atoms with E-state index in [4.69, 9.17) is 4.74 Å². The maximum Gasteiger partial charge on any atom is 0.311 e. The van der Waals surface area contributed by atoms with Crippen molar-refractivity contribution < 1.29 is 19.1 Å². The van der Waals surface area contributed by atoms with E-state index in [-0.39, 0.29) is 36.9 Å². The molecule has 2 aromatic carbocycles. The summed E-state index contributed by atoms with van der Waals surface area (Å²) in [6.45, 7) is 4.39.